The van der Waals surface area contributed by atoms with Crippen molar-refractivity contribution in [3.05, 3.63) is 0 Å². The fraction of sp³-hybridized carbons (Fsp3) is 1.00. The van der Waals surface area contributed by atoms with Gasteiger partial charge < -0.3 is 10.2 Å². The fourth-order valence-electron chi connectivity index (χ4n) is 3.55. The third-order valence-corrected chi connectivity index (χ3v) is 4.84. The summed E-state index contributed by atoms with van der Waals surface area (Å²) < 4.78 is 0. The van der Waals surface area contributed by atoms with Gasteiger partial charge in [-0.3, -0.25) is 0 Å². The summed E-state index contributed by atoms with van der Waals surface area (Å²) in [5, 5.41) is 3.83. The molecule has 0 spiro atoms. The van der Waals surface area contributed by atoms with E-state index in [9.17, 15) is 0 Å². The Labute approximate surface area is 107 Å². The first-order valence-corrected chi connectivity index (χ1v) is 7.69. The molecule has 1 saturated heterocycles. The van der Waals surface area contributed by atoms with E-state index in [0.29, 0.717) is 0 Å². The molecule has 2 fully saturated rings. The smallest absolute Gasteiger partial charge is 0.00673 e. The van der Waals surface area contributed by atoms with Crippen LogP contribution in [0, 0.1) is 11.8 Å². The second kappa shape index (κ2) is 6.75. The molecular weight excluding hydrogens is 208 g/mol. The van der Waals surface area contributed by atoms with Gasteiger partial charge in [0.2, 0.25) is 0 Å². The molecule has 100 valence electrons. The lowest BCUT2D eigenvalue weighted by molar-refractivity contribution is 0.194. The Morgan fingerprint density at radius 1 is 1.06 bits per heavy atom. The Balaban J connectivity index is 1.62. The van der Waals surface area contributed by atoms with E-state index in [1.54, 1.807) is 0 Å². The molecule has 0 radical (unpaired) electrons. The lowest BCUT2D eigenvalue weighted by Gasteiger charge is -2.33. The first-order valence-electron chi connectivity index (χ1n) is 7.69. The summed E-state index contributed by atoms with van der Waals surface area (Å²) in [6.07, 6.45) is 9.97. The number of piperidine rings is 1. The molecule has 2 aliphatic rings. The van der Waals surface area contributed by atoms with Gasteiger partial charge in [0.25, 0.3) is 0 Å². The molecule has 1 N–H and O–H groups in total. The van der Waals surface area contributed by atoms with Gasteiger partial charge in [-0.1, -0.05) is 13.3 Å². The number of hydrogen-bond donors (Lipinski definition) is 1. The number of nitrogens with zero attached hydrogens (tertiary/aromatic N) is 1. The zero-order valence-electron chi connectivity index (χ0n) is 11.8. The van der Waals surface area contributed by atoms with Crippen LogP contribution in [0.15, 0.2) is 0 Å². The third-order valence-electron chi connectivity index (χ3n) is 4.84. The molecule has 1 heterocycles. The van der Waals surface area contributed by atoms with E-state index in [1.807, 2.05) is 0 Å². The quantitative estimate of drug-likeness (QED) is 0.810. The van der Waals surface area contributed by atoms with Crippen molar-refractivity contribution in [1.82, 2.24) is 10.2 Å². The van der Waals surface area contributed by atoms with Crippen LogP contribution in [-0.2, 0) is 0 Å². The Kier molecular flexibility index (Phi) is 5.30. The number of nitrogens with one attached hydrogen (secondary N) is 1. The maximum atomic E-state index is 3.83. The van der Waals surface area contributed by atoms with Gasteiger partial charge in [-0.15, -0.1) is 0 Å². The molecule has 0 amide bonds. The first kappa shape index (κ1) is 13.4. The minimum Gasteiger partial charge on any atom is -0.314 e. The Morgan fingerprint density at radius 3 is 2.47 bits per heavy atom. The summed E-state index contributed by atoms with van der Waals surface area (Å²) in [5.41, 5.74) is 0. The van der Waals surface area contributed by atoms with Crippen LogP contribution in [-0.4, -0.2) is 37.6 Å². The van der Waals surface area contributed by atoms with Crippen LogP contribution in [0.2, 0.25) is 0 Å². The van der Waals surface area contributed by atoms with Crippen LogP contribution >= 0.6 is 0 Å². The SMILES string of the molecule is CCC1CCC(NCC2CCCN(C)C2)CC1. The highest BCUT2D eigenvalue weighted by atomic mass is 15.1. The average molecular weight is 238 g/mol. The van der Waals surface area contributed by atoms with Crippen LogP contribution in [0.1, 0.15) is 51.9 Å². The highest BCUT2D eigenvalue weighted by molar-refractivity contribution is 4.79. The summed E-state index contributed by atoms with van der Waals surface area (Å²) in [6.45, 7) is 6.21. The molecule has 0 aromatic rings. The average Bonchev–Trinajstić information content (AvgIpc) is 2.37. The fourth-order valence-corrected chi connectivity index (χ4v) is 3.55. The van der Waals surface area contributed by atoms with Gasteiger partial charge >= 0.3 is 0 Å². The second-order valence-corrected chi connectivity index (χ2v) is 6.30. The van der Waals surface area contributed by atoms with E-state index in [2.05, 4.69) is 24.2 Å². The van der Waals surface area contributed by atoms with Crippen LogP contribution in [0.4, 0.5) is 0 Å². The number of rotatable bonds is 4. The van der Waals surface area contributed by atoms with E-state index < -0.39 is 0 Å². The van der Waals surface area contributed by atoms with Crippen LogP contribution in [0.3, 0.4) is 0 Å². The highest BCUT2D eigenvalue weighted by Gasteiger charge is 2.22. The van der Waals surface area contributed by atoms with Crippen molar-refractivity contribution >= 4 is 0 Å². The van der Waals surface area contributed by atoms with Gasteiger partial charge in [0, 0.05) is 12.6 Å². The molecule has 17 heavy (non-hydrogen) atoms. The molecule has 2 nitrogen and oxygen atoms in total. The predicted molar refractivity (Wildman–Crippen MR) is 74.3 cm³/mol. The largest absolute Gasteiger partial charge is 0.314 e. The van der Waals surface area contributed by atoms with Gasteiger partial charge in [-0.25, -0.2) is 0 Å². The lowest BCUT2D eigenvalue weighted by Crippen LogP contribution is -2.41. The highest BCUT2D eigenvalue weighted by Crippen LogP contribution is 2.26. The topological polar surface area (TPSA) is 15.3 Å². The van der Waals surface area contributed by atoms with Gasteiger partial charge in [-0.2, -0.15) is 0 Å². The van der Waals surface area contributed by atoms with Crippen molar-refractivity contribution in [2.45, 2.75) is 57.9 Å². The summed E-state index contributed by atoms with van der Waals surface area (Å²) in [5.74, 6) is 1.92. The van der Waals surface area contributed by atoms with Gasteiger partial charge in [-0.05, 0) is 70.5 Å². The van der Waals surface area contributed by atoms with Crippen LogP contribution in [0.25, 0.3) is 0 Å². The molecule has 2 heteroatoms. The van der Waals surface area contributed by atoms with E-state index in [0.717, 1.165) is 17.9 Å². The Morgan fingerprint density at radius 2 is 1.82 bits per heavy atom. The molecule has 1 atom stereocenters. The predicted octanol–water partition coefficient (Wildman–Crippen LogP) is 2.89. The van der Waals surface area contributed by atoms with Crippen molar-refractivity contribution in [3.63, 3.8) is 0 Å². The molecule has 1 saturated carbocycles. The van der Waals surface area contributed by atoms with Gasteiger partial charge in [0.1, 0.15) is 0 Å². The van der Waals surface area contributed by atoms with Gasteiger partial charge in [0.15, 0.2) is 0 Å². The van der Waals surface area contributed by atoms with E-state index in [1.165, 1.54) is 64.6 Å². The molecule has 1 aliphatic carbocycles. The molecule has 0 bridgehead atoms. The summed E-state index contributed by atoms with van der Waals surface area (Å²) in [6, 6.07) is 0.824. The third kappa shape index (κ3) is 4.26. The first-order chi connectivity index (χ1) is 8.28. The summed E-state index contributed by atoms with van der Waals surface area (Å²) >= 11 is 0. The molecule has 0 aromatic carbocycles. The van der Waals surface area contributed by atoms with E-state index in [4.69, 9.17) is 0 Å². The minimum atomic E-state index is 0.824. The maximum absolute atomic E-state index is 3.83. The van der Waals surface area contributed by atoms with Gasteiger partial charge in [0.05, 0.1) is 0 Å². The Bertz CT molecular complexity index is 209. The van der Waals surface area contributed by atoms with Crippen molar-refractivity contribution in [3.8, 4) is 0 Å². The monoisotopic (exact) mass is 238 g/mol. The van der Waals surface area contributed by atoms with E-state index in [-0.39, 0.29) is 0 Å². The zero-order valence-corrected chi connectivity index (χ0v) is 11.8. The number of hydrogen-bond acceptors (Lipinski definition) is 2. The van der Waals surface area contributed by atoms with E-state index >= 15 is 0 Å². The summed E-state index contributed by atoms with van der Waals surface area (Å²) in [7, 11) is 2.26. The van der Waals surface area contributed by atoms with Crippen molar-refractivity contribution in [2.24, 2.45) is 11.8 Å². The van der Waals surface area contributed by atoms with Crippen LogP contribution in [0.5, 0.6) is 0 Å². The molecule has 1 unspecified atom stereocenters. The maximum Gasteiger partial charge on any atom is 0.00673 e. The standard InChI is InChI=1S/C15H30N2/c1-3-13-6-8-15(9-7-13)16-11-14-5-4-10-17(2)12-14/h13-16H,3-12H2,1-2H3. The van der Waals surface area contributed by atoms with Crippen molar-refractivity contribution < 1.29 is 0 Å². The normalized spacial score (nSPS) is 36.0. The molecule has 2 rings (SSSR count). The second-order valence-electron chi connectivity index (χ2n) is 6.30. The molecule has 1 aliphatic heterocycles. The lowest BCUT2D eigenvalue weighted by atomic mass is 9.84. The zero-order chi connectivity index (χ0) is 12.1. The summed E-state index contributed by atoms with van der Waals surface area (Å²) in [4.78, 5) is 2.49. The van der Waals surface area contributed by atoms with Crippen LogP contribution < -0.4 is 5.32 Å². The molecular formula is C15H30N2. The molecule has 0 aromatic heterocycles. The van der Waals surface area contributed by atoms with Crippen molar-refractivity contribution in [2.75, 3.05) is 26.7 Å². The number of likely N-dealkylation sites (tertiary alicyclic amines) is 1. The van der Waals surface area contributed by atoms with Crippen molar-refractivity contribution in [1.29, 1.82) is 0 Å². The Hall–Kier alpha value is -0.0800. The minimum absolute atomic E-state index is 0.824.